The van der Waals surface area contributed by atoms with Crippen LogP contribution < -0.4 is 4.74 Å². The van der Waals surface area contributed by atoms with E-state index in [2.05, 4.69) is 0 Å². The van der Waals surface area contributed by atoms with Crippen LogP contribution >= 0.6 is 0 Å². The lowest BCUT2D eigenvalue weighted by atomic mass is 9.92. The van der Waals surface area contributed by atoms with Crippen LogP contribution in [-0.2, 0) is 6.42 Å². The number of hydrogen-bond acceptors (Lipinski definition) is 2. The maximum Gasteiger partial charge on any atom is 0.343 e. The van der Waals surface area contributed by atoms with Gasteiger partial charge in [0, 0.05) is 5.56 Å². The lowest BCUT2D eigenvalue weighted by Gasteiger charge is -2.14. The van der Waals surface area contributed by atoms with Crippen molar-refractivity contribution in [3.63, 3.8) is 0 Å². The molecule has 166 valence electrons. The monoisotopic (exact) mass is 446 g/mol. The molecule has 0 fully saturated rings. The fourth-order valence-corrected chi connectivity index (χ4v) is 3.64. The standard InChI is InChI=1S/C28H21F3O2/c1-18(19-5-3-2-4-6-19)15-25-26(30)16-22(17-27(25)31)20-7-9-21(10-8-20)28(32)33-24-13-11-23(29)12-14-24/h2-14,16-18H,15H2,1H3. The molecule has 4 aromatic rings. The van der Waals surface area contributed by atoms with E-state index in [-0.39, 0.29) is 29.2 Å². The van der Waals surface area contributed by atoms with Gasteiger partial charge in [-0.3, -0.25) is 0 Å². The molecule has 0 spiro atoms. The molecule has 2 nitrogen and oxygen atoms in total. The topological polar surface area (TPSA) is 26.3 Å². The first-order chi connectivity index (χ1) is 15.9. The first kappa shape index (κ1) is 22.3. The van der Waals surface area contributed by atoms with Gasteiger partial charge in [0.15, 0.2) is 0 Å². The molecule has 4 rings (SSSR count). The van der Waals surface area contributed by atoms with Gasteiger partial charge < -0.3 is 4.74 Å². The molecular weight excluding hydrogens is 425 g/mol. The zero-order valence-corrected chi connectivity index (χ0v) is 17.9. The van der Waals surface area contributed by atoms with E-state index in [0.29, 0.717) is 11.1 Å². The molecule has 1 unspecified atom stereocenters. The van der Waals surface area contributed by atoms with Crippen LogP contribution in [0.15, 0.2) is 91.0 Å². The van der Waals surface area contributed by atoms with Crippen molar-refractivity contribution in [3.8, 4) is 16.9 Å². The maximum absolute atomic E-state index is 14.8. The third kappa shape index (κ3) is 5.32. The number of rotatable bonds is 6. The Morgan fingerprint density at radius 1 is 0.788 bits per heavy atom. The maximum atomic E-state index is 14.8. The molecule has 1 atom stereocenters. The normalized spacial score (nSPS) is 11.8. The Labute approximate surface area is 190 Å². The summed E-state index contributed by atoms with van der Waals surface area (Å²) in [6, 6.07) is 23.5. The number of benzene rings is 4. The van der Waals surface area contributed by atoms with Gasteiger partial charge in [0.25, 0.3) is 0 Å². The number of hydrogen-bond donors (Lipinski definition) is 0. The second-order valence-corrected chi connectivity index (χ2v) is 7.86. The van der Waals surface area contributed by atoms with E-state index in [9.17, 15) is 18.0 Å². The zero-order valence-electron chi connectivity index (χ0n) is 17.9. The molecule has 0 aliphatic carbocycles. The molecule has 0 aliphatic heterocycles. The van der Waals surface area contributed by atoms with Crippen molar-refractivity contribution in [1.29, 1.82) is 0 Å². The summed E-state index contributed by atoms with van der Waals surface area (Å²) in [7, 11) is 0. The Hall–Kier alpha value is -3.86. The molecule has 0 N–H and O–H groups in total. The van der Waals surface area contributed by atoms with E-state index >= 15 is 0 Å². The SMILES string of the molecule is CC(Cc1c(F)cc(-c2ccc(C(=O)Oc3ccc(F)cc3)cc2)cc1F)c1ccccc1. The van der Waals surface area contributed by atoms with Crippen molar-refractivity contribution in [1.82, 2.24) is 0 Å². The van der Waals surface area contributed by atoms with E-state index in [1.807, 2.05) is 37.3 Å². The molecule has 0 amide bonds. The lowest BCUT2D eigenvalue weighted by Crippen LogP contribution is -2.08. The average molecular weight is 446 g/mol. The molecule has 0 bridgehead atoms. The van der Waals surface area contributed by atoms with E-state index in [4.69, 9.17) is 4.74 Å². The fourth-order valence-electron chi connectivity index (χ4n) is 3.64. The third-order valence-corrected chi connectivity index (χ3v) is 5.50. The quantitative estimate of drug-likeness (QED) is 0.229. The van der Waals surface area contributed by atoms with Crippen LogP contribution in [0.2, 0.25) is 0 Å². The van der Waals surface area contributed by atoms with Crippen LogP contribution in [-0.4, -0.2) is 5.97 Å². The fraction of sp³-hybridized carbons (Fsp3) is 0.107. The molecular formula is C28H21F3O2. The van der Waals surface area contributed by atoms with Crippen molar-refractivity contribution in [2.24, 2.45) is 0 Å². The van der Waals surface area contributed by atoms with Gasteiger partial charge in [-0.15, -0.1) is 0 Å². The molecule has 0 radical (unpaired) electrons. The van der Waals surface area contributed by atoms with Crippen molar-refractivity contribution < 1.29 is 22.7 Å². The van der Waals surface area contributed by atoms with Crippen LogP contribution in [0.5, 0.6) is 5.75 Å². The minimum Gasteiger partial charge on any atom is -0.423 e. The molecule has 0 saturated heterocycles. The van der Waals surface area contributed by atoms with Crippen molar-refractivity contribution in [2.75, 3.05) is 0 Å². The Morgan fingerprint density at radius 3 is 2.00 bits per heavy atom. The molecule has 5 heteroatoms. The van der Waals surface area contributed by atoms with E-state index in [1.165, 1.54) is 48.5 Å². The van der Waals surface area contributed by atoms with Crippen molar-refractivity contribution in [3.05, 3.63) is 125 Å². The van der Waals surface area contributed by atoms with E-state index in [1.54, 1.807) is 12.1 Å². The largest absolute Gasteiger partial charge is 0.423 e. The van der Waals surface area contributed by atoms with Gasteiger partial charge in [0.1, 0.15) is 23.2 Å². The van der Waals surface area contributed by atoms with Gasteiger partial charge in [-0.1, -0.05) is 49.4 Å². The summed E-state index contributed by atoms with van der Waals surface area (Å²) in [5.74, 6) is -2.07. The summed E-state index contributed by atoms with van der Waals surface area (Å²) >= 11 is 0. The minimum absolute atomic E-state index is 0.0348. The highest BCUT2D eigenvalue weighted by atomic mass is 19.1. The predicted molar refractivity (Wildman–Crippen MR) is 122 cm³/mol. The predicted octanol–water partition coefficient (Wildman–Crippen LogP) is 7.34. The number of halogens is 3. The second-order valence-electron chi connectivity index (χ2n) is 7.86. The van der Waals surface area contributed by atoms with Gasteiger partial charge >= 0.3 is 5.97 Å². The third-order valence-electron chi connectivity index (χ3n) is 5.50. The molecule has 0 heterocycles. The lowest BCUT2D eigenvalue weighted by molar-refractivity contribution is 0.0734. The Morgan fingerprint density at radius 2 is 1.39 bits per heavy atom. The number of carbonyl (C=O) groups excluding carboxylic acids is 1. The molecule has 0 saturated carbocycles. The van der Waals surface area contributed by atoms with E-state index < -0.39 is 23.4 Å². The summed E-state index contributed by atoms with van der Waals surface area (Å²) in [5, 5.41) is 0. The van der Waals surface area contributed by atoms with Crippen LogP contribution in [0, 0.1) is 17.5 Å². The first-order valence-electron chi connectivity index (χ1n) is 10.5. The van der Waals surface area contributed by atoms with Gasteiger partial charge in [-0.2, -0.15) is 0 Å². The molecule has 4 aromatic carbocycles. The highest BCUT2D eigenvalue weighted by molar-refractivity contribution is 5.91. The summed E-state index contributed by atoms with van der Waals surface area (Å²) in [5.41, 5.74) is 2.27. The summed E-state index contributed by atoms with van der Waals surface area (Å²) in [6.07, 6.45) is 0.246. The average Bonchev–Trinajstić information content (AvgIpc) is 2.83. The van der Waals surface area contributed by atoms with Crippen molar-refractivity contribution in [2.45, 2.75) is 19.3 Å². The van der Waals surface area contributed by atoms with Crippen LogP contribution in [0.3, 0.4) is 0 Å². The second kappa shape index (κ2) is 9.74. The highest BCUT2D eigenvalue weighted by Gasteiger charge is 2.17. The molecule has 0 aliphatic rings. The van der Waals surface area contributed by atoms with Gasteiger partial charge in [-0.05, 0) is 77.6 Å². The zero-order chi connectivity index (χ0) is 23.4. The Kier molecular flexibility index (Phi) is 6.59. The van der Waals surface area contributed by atoms with Crippen LogP contribution in [0.25, 0.3) is 11.1 Å². The minimum atomic E-state index is -0.615. The van der Waals surface area contributed by atoms with Crippen LogP contribution in [0.4, 0.5) is 13.2 Å². The van der Waals surface area contributed by atoms with E-state index in [0.717, 1.165) is 5.56 Å². The summed E-state index contributed by atoms with van der Waals surface area (Å²) in [6.45, 7) is 1.94. The Balaban J connectivity index is 1.49. The van der Waals surface area contributed by atoms with Crippen LogP contribution in [0.1, 0.15) is 34.3 Å². The smallest absolute Gasteiger partial charge is 0.343 e. The Bertz CT molecular complexity index is 1230. The molecule has 0 aromatic heterocycles. The summed E-state index contributed by atoms with van der Waals surface area (Å²) in [4.78, 5) is 12.3. The number of ether oxygens (including phenoxy) is 1. The number of carbonyl (C=O) groups is 1. The molecule has 33 heavy (non-hydrogen) atoms. The van der Waals surface area contributed by atoms with Gasteiger partial charge in [0.05, 0.1) is 5.56 Å². The van der Waals surface area contributed by atoms with Crippen molar-refractivity contribution >= 4 is 5.97 Å². The highest BCUT2D eigenvalue weighted by Crippen LogP contribution is 2.29. The number of esters is 1. The first-order valence-corrected chi connectivity index (χ1v) is 10.5. The van der Waals surface area contributed by atoms with Gasteiger partial charge in [-0.25, -0.2) is 18.0 Å². The van der Waals surface area contributed by atoms with Gasteiger partial charge in [0.2, 0.25) is 0 Å². The summed E-state index contributed by atoms with van der Waals surface area (Å²) < 4.78 is 47.8.